The van der Waals surface area contributed by atoms with E-state index in [1.165, 1.54) is 6.07 Å². The molecule has 0 aliphatic rings. The van der Waals surface area contributed by atoms with Crippen molar-refractivity contribution in [2.75, 3.05) is 12.8 Å². The van der Waals surface area contributed by atoms with Crippen LogP contribution in [0.25, 0.3) is 0 Å². The molecule has 0 radical (unpaired) electrons. The van der Waals surface area contributed by atoms with Crippen LogP contribution in [0.15, 0.2) is 18.2 Å². The smallest absolute Gasteiger partial charge is 0.208 e. The third-order valence-corrected chi connectivity index (χ3v) is 2.62. The number of nitrogens with two attached hydrogens (primary N) is 1. The Bertz CT molecular complexity index is 476. The van der Waals surface area contributed by atoms with Gasteiger partial charge in [-0.2, -0.15) is 0 Å². The average Bonchev–Trinajstić information content (AvgIpc) is 2.13. The summed E-state index contributed by atoms with van der Waals surface area (Å²) in [5.41, 5.74) is 5.63. The first-order chi connectivity index (χ1) is 7.29. The first-order valence-corrected chi connectivity index (χ1v) is 6.34. The number of rotatable bonds is 4. The predicted molar refractivity (Wildman–Crippen MR) is 56.1 cm³/mol. The third kappa shape index (κ3) is 3.84. The molecule has 4 nitrogen and oxygen atoms in total. The lowest BCUT2D eigenvalue weighted by Crippen LogP contribution is -2.31. The maximum Gasteiger partial charge on any atom is 0.208 e. The van der Waals surface area contributed by atoms with Crippen LogP contribution in [-0.4, -0.2) is 21.2 Å². The molecule has 0 aliphatic carbocycles. The Balaban J connectivity index is 2.77. The molecule has 1 atom stereocenters. The molecule has 0 saturated heterocycles. The highest BCUT2D eigenvalue weighted by Crippen LogP contribution is 2.15. The number of halogens is 2. The van der Waals surface area contributed by atoms with E-state index in [4.69, 9.17) is 5.73 Å². The topological polar surface area (TPSA) is 72.2 Å². The Morgan fingerprint density at radius 1 is 1.44 bits per heavy atom. The lowest BCUT2D eigenvalue weighted by atomic mass is 10.1. The van der Waals surface area contributed by atoms with Crippen molar-refractivity contribution in [1.82, 2.24) is 4.72 Å². The summed E-state index contributed by atoms with van der Waals surface area (Å²) in [5.74, 6) is -1.49. The number of hydrogen-bond acceptors (Lipinski definition) is 3. The lowest BCUT2D eigenvalue weighted by Gasteiger charge is -2.12. The summed E-state index contributed by atoms with van der Waals surface area (Å²) >= 11 is 0. The van der Waals surface area contributed by atoms with Gasteiger partial charge in [0.1, 0.15) is 11.6 Å². The molecule has 0 heterocycles. The van der Waals surface area contributed by atoms with Crippen molar-refractivity contribution in [2.24, 2.45) is 5.73 Å². The Hall–Kier alpha value is -1.05. The zero-order valence-electron chi connectivity index (χ0n) is 8.57. The molecular weight excluding hydrogens is 238 g/mol. The Morgan fingerprint density at radius 2 is 2.06 bits per heavy atom. The molecule has 1 aromatic rings. The van der Waals surface area contributed by atoms with Crippen molar-refractivity contribution < 1.29 is 17.2 Å². The van der Waals surface area contributed by atoms with Gasteiger partial charge in [0.2, 0.25) is 10.0 Å². The minimum Gasteiger partial charge on any atom is -0.323 e. The summed E-state index contributed by atoms with van der Waals surface area (Å²) in [5, 5.41) is 0. The van der Waals surface area contributed by atoms with Crippen LogP contribution in [0.1, 0.15) is 11.6 Å². The van der Waals surface area contributed by atoms with Crippen LogP contribution in [0.5, 0.6) is 0 Å². The molecule has 7 heteroatoms. The number of benzene rings is 1. The Morgan fingerprint density at radius 3 is 2.56 bits per heavy atom. The molecule has 90 valence electrons. The van der Waals surface area contributed by atoms with Gasteiger partial charge in [0.25, 0.3) is 0 Å². The van der Waals surface area contributed by atoms with Crippen LogP contribution in [0.2, 0.25) is 0 Å². The molecule has 16 heavy (non-hydrogen) atoms. The third-order valence-electron chi connectivity index (χ3n) is 1.93. The number of hydrogen-bond donors (Lipinski definition) is 2. The largest absolute Gasteiger partial charge is 0.323 e. The van der Waals surface area contributed by atoms with Gasteiger partial charge in [0.15, 0.2) is 0 Å². The van der Waals surface area contributed by atoms with Crippen molar-refractivity contribution in [3.05, 3.63) is 35.4 Å². The van der Waals surface area contributed by atoms with Gasteiger partial charge in [0.05, 0.1) is 6.26 Å². The summed E-state index contributed by atoms with van der Waals surface area (Å²) in [6.07, 6.45) is 0.973. The Kier molecular flexibility index (Phi) is 3.95. The van der Waals surface area contributed by atoms with Crippen LogP contribution in [0, 0.1) is 11.6 Å². The number of sulfonamides is 1. The van der Waals surface area contributed by atoms with E-state index in [-0.39, 0.29) is 12.1 Å². The van der Waals surface area contributed by atoms with Gasteiger partial charge in [-0.05, 0) is 6.07 Å². The minimum atomic E-state index is -3.37. The van der Waals surface area contributed by atoms with Gasteiger partial charge < -0.3 is 5.73 Å². The lowest BCUT2D eigenvalue weighted by molar-refractivity contribution is 0.545. The van der Waals surface area contributed by atoms with E-state index >= 15 is 0 Å². The average molecular weight is 250 g/mol. The first-order valence-electron chi connectivity index (χ1n) is 4.45. The van der Waals surface area contributed by atoms with Crippen molar-refractivity contribution in [2.45, 2.75) is 6.04 Å². The van der Waals surface area contributed by atoms with Crippen molar-refractivity contribution in [3.8, 4) is 0 Å². The number of nitrogens with one attached hydrogen (secondary N) is 1. The van der Waals surface area contributed by atoms with E-state index in [2.05, 4.69) is 4.72 Å². The zero-order chi connectivity index (χ0) is 12.3. The van der Waals surface area contributed by atoms with E-state index in [1.807, 2.05) is 0 Å². The fraction of sp³-hybridized carbons (Fsp3) is 0.333. The predicted octanol–water partition coefficient (Wildman–Crippen LogP) is 0.514. The van der Waals surface area contributed by atoms with Crippen molar-refractivity contribution in [3.63, 3.8) is 0 Å². The van der Waals surface area contributed by atoms with Crippen molar-refractivity contribution >= 4 is 10.0 Å². The molecule has 0 spiro atoms. The van der Waals surface area contributed by atoms with Gasteiger partial charge in [-0.1, -0.05) is 6.07 Å². The maximum absolute atomic E-state index is 13.2. The van der Waals surface area contributed by atoms with Crippen LogP contribution < -0.4 is 10.5 Å². The molecule has 0 aliphatic heterocycles. The maximum atomic E-state index is 13.2. The molecule has 0 aromatic heterocycles. The standard InChI is InChI=1S/C9H12F2N2O2S/c1-16(14,15)13-5-9(12)7-3-2-6(10)4-8(7)11/h2-4,9,13H,5,12H2,1H3. The fourth-order valence-electron chi connectivity index (χ4n) is 1.15. The molecule has 1 rings (SSSR count). The summed E-state index contributed by atoms with van der Waals surface area (Å²) in [6, 6.07) is 2.11. The van der Waals surface area contributed by atoms with E-state index in [9.17, 15) is 17.2 Å². The SMILES string of the molecule is CS(=O)(=O)NCC(N)c1ccc(F)cc1F. The summed E-state index contributed by atoms with van der Waals surface area (Å²) in [7, 11) is -3.37. The van der Waals surface area contributed by atoms with Gasteiger partial charge in [-0.25, -0.2) is 21.9 Å². The fourth-order valence-corrected chi connectivity index (χ4v) is 1.64. The molecule has 0 fully saturated rings. The quantitative estimate of drug-likeness (QED) is 0.818. The highest BCUT2D eigenvalue weighted by Gasteiger charge is 2.13. The minimum absolute atomic E-state index is 0.0672. The second-order valence-electron chi connectivity index (χ2n) is 3.39. The van der Waals surface area contributed by atoms with Crippen LogP contribution in [0.3, 0.4) is 0 Å². The van der Waals surface area contributed by atoms with Gasteiger partial charge in [-0.3, -0.25) is 0 Å². The van der Waals surface area contributed by atoms with Crippen LogP contribution in [0.4, 0.5) is 8.78 Å². The zero-order valence-corrected chi connectivity index (χ0v) is 9.39. The van der Waals surface area contributed by atoms with Crippen molar-refractivity contribution in [1.29, 1.82) is 0 Å². The van der Waals surface area contributed by atoms with Gasteiger partial charge in [0, 0.05) is 24.2 Å². The van der Waals surface area contributed by atoms with Crippen LogP contribution in [-0.2, 0) is 10.0 Å². The van der Waals surface area contributed by atoms with Crippen LogP contribution >= 0.6 is 0 Å². The van der Waals surface area contributed by atoms with E-state index in [0.717, 1.165) is 12.3 Å². The first kappa shape index (κ1) is 13.0. The second-order valence-corrected chi connectivity index (χ2v) is 5.23. The van der Waals surface area contributed by atoms with Gasteiger partial charge in [-0.15, -0.1) is 0 Å². The second kappa shape index (κ2) is 4.86. The molecular formula is C9H12F2N2O2S. The molecule has 1 aromatic carbocycles. The highest BCUT2D eigenvalue weighted by atomic mass is 32.2. The van der Waals surface area contributed by atoms with E-state index < -0.39 is 27.7 Å². The van der Waals surface area contributed by atoms with E-state index in [0.29, 0.717) is 6.07 Å². The molecule has 0 amide bonds. The molecule has 3 N–H and O–H groups in total. The Labute approximate surface area is 92.5 Å². The normalized spacial score (nSPS) is 13.8. The van der Waals surface area contributed by atoms with E-state index in [1.54, 1.807) is 0 Å². The summed E-state index contributed by atoms with van der Waals surface area (Å²) in [4.78, 5) is 0. The molecule has 0 saturated carbocycles. The highest BCUT2D eigenvalue weighted by molar-refractivity contribution is 7.88. The molecule has 1 unspecified atom stereocenters. The monoisotopic (exact) mass is 250 g/mol. The molecule has 0 bridgehead atoms. The summed E-state index contributed by atoms with van der Waals surface area (Å²) < 4.78 is 49.5. The van der Waals surface area contributed by atoms with Gasteiger partial charge >= 0.3 is 0 Å². The summed E-state index contributed by atoms with van der Waals surface area (Å²) in [6.45, 7) is -0.138.